The smallest absolute Gasteiger partial charge is 0.358 e. The normalized spacial score (nSPS) is 15.8. The highest BCUT2D eigenvalue weighted by Gasteiger charge is 2.24. The Kier molecular flexibility index (Phi) is 5.71. The molecule has 132 valence electrons. The second kappa shape index (κ2) is 7.97. The van der Waals surface area contributed by atoms with Crippen molar-refractivity contribution < 1.29 is 14.3 Å². The number of carbonyl (C=O) groups is 2. The Hall–Kier alpha value is -1.92. The fourth-order valence-corrected chi connectivity index (χ4v) is 3.76. The van der Waals surface area contributed by atoms with E-state index in [9.17, 15) is 9.59 Å². The van der Waals surface area contributed by atoms with Gasteiger partial charge in [-0.2, -0.15) is 0 Å². The van der Waals surface area contributed by atoms with Crippen LogP contribution in [0.1, 0.15) is 43.1 Å². The minimum atomic E-state index is -0.843. The second-order valence-electron chi connectivity index (χ2n) is 6.09. The number of halogens is 1. The molecule has 1 aliphatic rings. The molecular formula is C18H19ClN2O3S. The number of aromatic nitrogens is 1. The molecule has 1 aliphatic carbocycles. The van der Waals surface area contributed by atoms with Gasteiger partial charge in [-0.15, -0.1) is 11.3 Å². The van der Waals surface area contributed by atoms with Crippen LogP contribution in [0.15, 0.2) is 29.6 Å². The van der Waals surface area contributed by atoms with E-state index in [2.05, 4.69) is 10.3 Å². The predicted octanol–water partition coefficient (Wildman–Crippen LogP) is 4.07. The van der Waals surface area contributed by atoms with Crippen LogP contribution >= 0.6 is 22.9 Å². The Morgan fingerprint density at radius 1 is 1.36 bits per heavy atom. The standard InChI is InChI=1S/C18H19ClN2O3S/c1-11(16(22)20-14-7-2-3-8-14)24-18(23)15-10-25-17(21-15)12-5-4-6-13(19)9-12/h4-6,9-11,14H,2-3,7-8H2,1H3,(H,20,22)/t11-/m0/s1. The van der Waals surface area contributed by atoms with Crippen molar-refractivity contribution in [3.63, 3.8) is 0 Å². The zero-order valence-electron chi connectivity index (χ0n) is 13.8. The van der Waals surface area contributed by atoms with Crippen molar-refractivity contribution in [1.29, 1.82) is 0 Å². The molecule has 25 heavy (non-hydrogen) atoms. The lowest BCUT2D eigenvalue weighted by Gasteiger charge is -2.16. The van der Waals surface area contributed by atoms with Crippen LogP contribution in [0.5, 0.6) is 0 Å². The van der Waals surface area contributed by atoms with Crippen LogP contribution in [0.2, 0.25) is 5.02 Å². The van der Waals surface area contributed by atoms with E-state index in [0.29, 0.717) is 10.0 Å². The topological polar surface area (TPSA) is 68.3 Å². The molecule has 0 bridgehead atoms. The Labute approximate surface area is 155 Å². The van der Waals surface area contributed by atoms with Crippen LogP contribution in [-0.2, 0) is 9.53 Å². The summed E-state index contributed by atoms with van der Waals surface area (Å²) < 4.78 is 5.25. The SMILES string of the molecule is C[C@H](OC(=O)c1csc(-c2cccc(Cl)c2)n1)C(=O)NC1CCCC1. The zero-order valence-corrected chi connectivity index (χ0v) is 15.4. The van der Waals surface area contributed by atoms with Crippen molar-refractivity contribution >= 4 is 34.8 Å². The van der Waals surface area contributed by atoms with Crippen molar-refractivity contribution in [2.24, 2.45) is 0 Å². The number of nitrogens with zero attached hydrogens (tertiary/aromatic N) is 1. The number of thiazole rings is 1. The lowest BCUT2D eigenvalue weighted by Crippen LogP contribution is -2.40. The van der Waals surface area contributed by atoms with Gasteiger partial charge in [0.05, 0.1) is 0 Å². The van der Waals surface area contributed by atoms with Crippen molar-refractivity contribution in [3.8, 4) is 10.6 Å². The monoisotopic (exact) mass is 378 g/mol. The minimum absolute atomic E-state index is 0.195. The maximum absolute atomic E-state index is 12.2. The summed E-state index contributed by atoms with van der Waals surface area (Å²) >= 11 is 7.31. The molecule has 7 heteroatoms. The average molecular weight is 379 g/mol. The quantitative estimate of drug-likeness (QED) is 0.796. The number of benzene rings is 1. The molecule has 1 atom stereocenters. The third-order valence-corrected chi connectivity index (χ3v) is 5.27. The number of nitrogens with one attached hydrogen (secondary N) is 1. The first-order valence-electron chi connectivity index (χ1n) is 8.26. The van der Waals surface area contributed by atoms with E-state index in [1.807, 2.05) is 12.1 Å². The molecule has 0 saturated heterocycles. The number of carbonyl (C=O) groups excluding carboxylic acids is 2. The maximum atomic E-state index is 12.2. The highest BCUT2D eigenvalue weighted by atomic mass is 35.5. The van der Waals surface area contributed by atoms with Gasteiger partial charge in [0.1, 0.15) is 5.01 Å². The average Bonchev–Trinajstić information content (AvgIpc) is 3.26. The van der Waals surface area contributed by atoms with E-state index in [1.54, 1.807) is 24.4 Å². The van der Waals surface area contributed by atoms with Crippen LogP contribution in [0.3, 0.4) is 0 Å². The van der Waals surface area contributed by atoms with Crippen LogP contribution in [0.25, 0.3) is 10.6 Å². The fourth-order valence-electron chi connectivity index (χ4n) is 2.78. The van der Waals surface area contributed by atoms with E-state index < -0.39 is 12.1 Å². The summed E-state index contributed by atoms with van der Waals surface area (Å²) in [5.41, 5.74) is 1.03. The van der Waals surface area contributed by atoms with Gasteiger partial charge in [0.15, 0.2) is 11.8 Å². The van der Waals surface area contributed by atoms with Gasteiger partial charge in [0.2, 0.25) is 0 Å². The second-order valence-corrected chi connectivity index (χ2v) is 7.38. The van der Waals surface area contributed by atoms with Crippen molar-refractivity contribution in [3.05, 3.63) is 40.4 Å². The Balaban J connectivity index is 1.60. The Morgan fingerprint density at radius 2 is 2.12 bits per heavy atom. The molecule has 5 nitrogen and oxygen atoms in total. The molecule has 1 amide bonds. The summed E-state index contributed by atoms with van der Waals surface area (Å²) in [6, 6.07) is 7.46. The molecule has 0 aliphatic heterocycles. The number of esters is 1. The number of amides is 1. The highest BCUT2D eigenvalue weighted by Crippen LogP contribution is 2.26. The van der Waals surface area contributed by atoms with E-state index in [1.165, 1.54) is 11.3 Å². The van der Waals surface area contributed by atoms with Gasteiger partial charge in [0, 0.05) is 22.0 Å². The first-order chi connectivity index (χ1) is 12.0. The van der Waals surface area contributed by atoms with Gasteiger partial charge in [-0.05, 0) is 31.9 Å². The Morgan fingerprint density at radius 3 is 2.84 bits per heavy atom. The van der Waals surface area contributed by atoms with E-state index in [-0.39, 0.29) is 17.6 Å². The van der Waals surface area contributed by atoms with E-state index in [0.717, 1.165) is 31.2 Å². The van der Waals surface area contributed by atoms with Gasteiger partial charge in [-0.1, -0.05) is 36.6 Å². The first kappa shape index (κ1) is 17.9. The van der Waals surface area contributed by atoms with Crippen LogP contribution in [0, 0.1) is 0 Å². The van der Waals surface area contributed by atoms with Crippen molar-refractivity contribution in [2.75, 3.05) is 0 Å². The van der Waals surface area contributed by atoms with Gasteiger partial charge in [-0.3, -0.25) is 4.79 Å². The fraction of sp³-hybridized carbons (Fsp3) is 0.389. The molecule has 1 N–H and O–H groups in total. The minimum Gasteiger partial charge on any atom is -0.448 e. The molecule has 0 radical (unpaired) electrons. The molecule has 1 fully saturated rings. The molecule has 1 saturated carbocycles. The lowest BCUT2D eigenvalue weighted by atomic mass is 10.2. The number of hydrogen-bond acceptors (Lipinski definition) is 5. The largest absolute Gasteiger partial charge is 0.448 e. The summed E-state index contributed by atoms with van der Waals surface area (Å²) in [4.78, 5) is 28.6. The van der Waals surface area contributed by atoms with Gasteiger partial charge in [0.25, 0.3) is 5.91 Å². The summed E-state index contributed by atoms with van der Waals surface area (Å²) in [7, 11) is 0. The highest BCUT2D eigenvalue weighted by molar-refractivity contribution is 7.13. The van der Waals surface area contributed by atoms with Gasteiger partial charge in [-0.25, -0.2) is 9.78 Å². The summed E-state index contributed by atoms with van der Waals surface area (Å²) in [5, 5.41) is 5.83. The Bertz CT molecular complexity index is 771. The molecule has 0 unspecified atom stereocenters. The zero-order chi connectivity index (χ0) is 17.8. The third-order valence-electron chi connectivity index (χ3n) is 4.14. The van der Waals surface area contributed by atoms with Crippen LogP contribution in [-0.4, -0.2) is 29.0 Å². The first-order valence-corrected chi connectivity index (χ1v) is 9.51. The number of hydrogen-bond donors (Lipinski definition) is 1. The molecule has 1 aromatic carbocycles. The molecule has 1 aromatic heterocycles. The van der Waals surface area contributed by atoms with Gasteiger partial charge >= 0.3 is 5.97 Å². The lowest BCUT2D eigenvalue weighted by molar-refractivity contribution is -0.129. The van der Waals surface area contributed by atoms with Crippen molar-refractivity contribution in [1.82, 2.24) is 10.3 Å². The van der Waals surface area contributed by atoms with Crippen LogP contribution < -0.4 is 5.32 Å². The molecule has 2 aromatic rings. The number of ether oxygens (including phenoxy) is 1. The summed E-state index contributed by atoms with van der Waals surface area (Å²) in [6.45, 7) is 1.58. The van der Waals surface area contributed by atoms with E-state index in [4.69, 9.17) is 16.3 Å². The maximum Gasteiger partial charge on any atom is 0.358 e. The molecule has 3 rings (SSSR count). The van der Waals surface area contributed by atoms with Gasteiger partial charge < -0.3 is 10.1 Å². The molecule has 1 heterocycles. The molecular weight excluding hydrogens is 360 g/mol. The van der Waals surface area contributed by atoms with Crippen LogP contribution in [0.4, 0.5) is 0 Å². The summed E-state index contributed by atoms with van der Waals surface area (Å²) in [5.74, 6) is -0.857. The summed E-state index contributed by atoms with van der Waals surface area (Å²) in [6.07, 6.45) is 3.39. The number of rotatable bonds is 5. The predicted molar refractivity (Wildman–Crippen MR) is 97.8 cm³/mol. The molecule has 0 spiro atoms. The van der Waals surface area contributed by atoms with E-state index >= 15 is 0 Å². The third kappa shape index (κ3) is 4.58. The van der Waals surface area contributed by atoms with Crippen molar-refractivity contribution in [2.45, 2.75) is 44.8 Å².